The van der Waals surface area contributed by atoms with Gasteiger partial charge in [-0.3, -0.25) is 4.79 Å². The van der Waals surface area contributed by atoms with Crippen LogP contribution in [0.1, 0.15) is 37.0 Å². The van der Waals surface area contributed by atoms with E-state index in [0.29, 0.717) is 6.04 Å². The molecule has 0 bridgehead atoms. The van der Waals surface area contributed by atoms with E-state index in [1.807, 2.05) is 35.5 Å². The first-order valence-electron chi connectivity index (χ1n) is 6.26. The predicted octanol–water partition coefficient (Wildman–Crippen LogP) is 3.55. The Morgan fingerprint density at radius 1 is 1.41 bits per heavy atom. The molecule has 1 aromatic rings. The lowest BCUT2D eigenvalue weighted by Gasteiger charge is -2.30. The molecule has 1 aromatic heterocycles. The average Bonchev–Trinajstić information content (AvgIpc) is 2.89. The van der Waals surface area contributed by atoms with Crippen molar-refractivity contribution in [3.05, 3.63) is 28.5 Å². The summed E-state index contributed by atoms with van der Waals surface area (Å²) in [6.45, 7) is 0. The molecule has 2 nitrogen and oxygen atoms in total. The van der Waals surface area contributed by atoms with Crippen LogP contribution in [0.15, 0.2) is 23.6 Å². The third-order valence-corrected chi connectivity index (χ3v) is 4.24. The third kappa shape index (κ3) is 3.43. The van der Waals surface area contributed by atoms with E-state index in [1.165, 1.54) is 19.3 Å². The Balaban J connectivity index is 1.90. The van der Waals surface area contributed by atoms with Gasteiger partial charge in [0, 0.05) is 24.0 Å². The number of amides is 1. The summed E-state index contributed by atoms with van der Waals surface area (Å²) < 4.78 is 0. The van der Waals surface area contributed by atoms with Gasteiger partial charge < -0.3 is 4.90 Å². The number of thiophene rings is 1. The van der Waals surface area contributed by atoms with E-state index in [0.717, 1.165) is 17.7 Å². The van der Waals surface area contributed by atoms with Gasteiger partial charge in [0.2, 0.25) is 5.91 Å². The fourth-order valence-electron chi connectivity index (χ4n) is 2.31. The minimum atomic E-state index is 0.130. The molecule has 1 fully saturated rings. The van der Waals surface area contributed by atoms with Crippen molar-refractivity contribution in [2.45, 2.75) is 38.1 Å². The number of nitrogens with zero attached hydrogens (tertiary/aromatic N) is 1. The molecule has 1 amide bonds. The predicted molar refractivity (Wildman–Crippen MR) is 73.0 cm³/mol. The van der Waals surface area contributed by atoms with Gasteiger partial charge in [0.15, 0.2) is 0 Å². The Morgan fingerprint density at radius 2 is 2.18 bits per heavy atom. The van der Waals surface area contributed by atoms with Crippen molar-refractivity contribution >= 4 is 23.3 Å². The van der Waals surface area contributed by atoms with Crippen LogP contribution in [0.25, 0.3) is 6.08 Å². The number of likely N-dealkylation sites (N-methyl/N-ethyl adjacent to an activating group) is 1. The van der Waals surface area contributed by atoms with E-state index < -0.39 is 0 Å². The highest BCUT2D eigenvalue weighted by Crippen LogP contribution is 2.22. The van der Waals surface area contributed by atoms with Gasteiger partial charge >= 0.3 is 0 Å². The topological polar surface area (TPSA) is 20.3 Å². The maximum absolute atomic E-state index is 12.0. The van der Waals surface area contributed by atoms with Crippen LogP contribution in [0.2, 0.25) is 0 Å². The largest absolute Gasteiger partial charge is 0.339 e. The Hall–Kier alpha value is -1.09. The van der Waals surface area contributed by atoms with Crippen molar-refractivity contribution < 1.29 is 4.79 Å². The van der Waals surface area contributed by atoms with Crippen LogP contribution in [0.3, 0.4) is 0 Å². The molecule has 17 heavy (non-hydrogen) atoms. The highest BCUT2D eigenvalue weighted by molar-refractivity contribution is 7.10. The molecule has 0 aliphatic heterocycles. The van der Waals surface area contributed by atoms with Crippen LogP contribution < -0.4 is 0 Å². The second kappa shape index (κ2) is 6.01. The molecule has 92 valence electrons. The number of hydrogen-bond donors (Lipinski definition) is 0. The zero-order valence-corrected chi connectivity index (χ0v) is 11.1. The zero-order chi connectivity index (χ0) is 12.1. The van der Waals surface area contributed by atoms with E-state index in [-0.39, 0.29) is 5.91 Å². The highest BCUT2D eigenvalue weighted by Gasteiger charge is 2.20. The summed E-state index contributed by atoms with van der Waals surface area (Å²) in [7, 11) is 1.93. The summed E-state index contributed by atoms with van der Waals surface area (Å²) in [4.78, 5) is 15.0. The van der Waals surface area contributed by atoms with E-state index >= 15 is 0 Å². The smallest absolute Gasteiger partial charge is 0.246 e. The van der Waals surface area contributed by atoms with Crippen molar-refractivity contribution in [2.75, 3.05) is 7.05 Å². The second-order valence-electron chi connectivity index (χ2n) is 4.59. The first kappa shape index (κ1) is 12.4. The van der Waals surface area contributed by atoms with Gasteiger partial charge in [-0.1, -0.05) is 25.3 Å². The Bertz CT molecular complexity index is 377. The van der Waals surface area contributed by atoms with Crippen LogP contribution in [0, 0.1) is 0 Å². The molecule has 0 radical (unpaired) electrons. The van der Waals surface area contributed by atoms with Gasteiger partial charge in [-0.05, 0) is 30.4 Å². The van der Waals surface area contributed by atoms with Crippen LogP contribution in [0.4, 0.5) is 0 Å². The van der Waals surface area contributed by atoms with Crippen molar-refractivity contribution in [1.29, 1.82) is 0 Å². The lowest BCUT2D eigenvalue weighted by Crippen LogP contribution is -2.37. The average molecular weight is 249 g/mol. The molecule has 0 aromatic carbocycles. The number of carbonyl (C=O) groups is 1. The molecule has 0 spiro atoms. The molecular formula is C14H19NOS. The van der Waals surface area contributed by atoms with E-state index in [9.17, 15) is 4.79 Å². The highest BCUT2D eigenvalue weighted by atomic mass is 32.1. The van der Waals surface area contributed by atoms with Gasteiger partial charge in [-0.2, -0.15) is 0 Å². The molecule has 1 heterocycles. The summed E-state index contributed by atoms with van der Waals surface area (Å²) in [5.74, 6) is 0.130. The van der Waals surface area contributed by atoms with Gasteiger partial charge in [-0.15, -0.1) is 11.3 Å². The van der Waals surface area contributed by atoms with E-state index in [1.54, 1.807) is 17.4 Å². The minimum absolute atomic E-state index is 0.130. The first-order valence-corrected chi connectivity index (χ1v) is 7.14. The van der Waals surface area contributed by atoms with Crippen LogP contribution in [-0.2, 0) is 4.79 Å². The molecule has 1 aliphatic rings. The molecule has 1 aliphatic carbocycles. The quantitative estimate of drug-likeness (QED) is 0.750. The van der Waals surface area contributed by atoms with Gasteiger partial charge in [0.05, 0.1) is 0 Å². The molecule has 0 saturated heterocycles. The molecule has 2 rings (SSSR count). The van der Waals surface area contributed by atoms with Crippen molar-refractivity contribution in [2.24, 2.45) is 0 Å². The van der Waals surface area contributed by atoms with Crippen LogP contribution in [-0.4, -0.2) is 23.9 Å². The van der Waals surface area contributed by atoms with Gasteiger partial charge in [0.25, 0.3) is 0 Å². The normalized spacial score (nSPS) is 17.5. The van der Waals surface area contributed by atoms with Crippen molar-refractivity contribution in [3.8, 4) is 0 Å². The van der Waals surface area contributed by atoms with Crippen molar-refractivity contribution in [3.63, 3.8) is 0 Å². The molecule has 0 atom stereocenters. The number of rotatable bonds is 3. The standard InChI is InChI=1S/C14H19NOS/c1-15(12-6-3-2-4-7-12)14(16)10-9-13-8-5-11-17-13/h5,8-12H,2-4,6-7H2,1H3. The second-order valence-corrected chi connectivity index (χ2v) is 5.57. The van der Waals surface area contributed by atoms with E-state index in [2.05, 4.69) is 0 Å². The lowest BCUT2D eigenvalue weighted by molar-refractivity contribution is -0.127. The maximum atomic E-state index is 12.0. The number of hydrogen-bond acceptors (Lipinski definition) is 2. The fourth-order valence-corrected chi connectivity index (χ4v) is 2.92. The fraction of sp³-hybridized carbons (Fsp3) is 0.500. The summed E-state index contributed by atoms with van der Waals surface area (Å²) in [5.41, 5.74) is 0. The van der Waals surface area contributed by atoms with Crippen LogP contribution in [0.5, 0.6) is 0 Å². The van der Waals surface area contributed by atoms with Gasteiger partial charge in [-0.25, -0.2) is 0 Å². The summed E-state index contributed by atoms with van der Waals surface area (Å²) >= 11 is 1.65. The van der Waals surface area contributed by atoms with Crippen LogP contribution >= 0.6 is 11.3 Å². The minimum Gasteiger partial charge on any atom is -0.339 e. The Kier molecular flexibility index (Phi) is 4.37. The monoisotopic (exact) mass is 249 g/mol. The third-order valence-electron chi connectivity index (χ3n) is 3.40. The molecule has 1 saturated carbocycles. The molecule has 0 N–H and O–H groups in total. The summed E-state index contributed by atoms with van der Waals surface area (Å²) in [6, 6.07) is 4.47. The van der Waals surface area contributed by atoms with Gasteiger partial charge in [0.1, 0.15) is 0 Å². The first-order chi connectivity index (χ1) is 8.27. The molecular weight excluding hydrogens is 230 g/mol. The Morgan fingerprint density at radius 3 is 2.82 bits per heavy atom. The summed E-state index contributed by atoms with van der Waals surface area (Å²) in [5, 5.41) is 2.02. The molecule has 0 unspecified atom stereocenters. The summed E-state index contributed by atoms with van der Waals surface area (Å²) in [6.07, 6.45) is 9.77. The number of carbonyl (C=O) groups excluding carboxylic acids is 1. The SMILES string of the molecule is CN(C(=O)C=Cc1cccs1)C1CCCCC1. The lowest BCUT2D eigenvalue weighted by atomic mass is 9.94. The van der Waals surface area contributed by atoms with Crippen molar-refractivity contribution in [1.82, 2.24) is 4.90 Å². The maximum Gasteiger partial charge on any atom is 0.246 e. The molecule has 3 heteroatoms. The van der Waals surface area contributed by atoms with E-state index in [4.69, 9.17) is 0 Å². The Labute approximate surface area is 107 Å². The zero-order valence-electron chi connectivity index (χ0n) is 10.3.